The third kappa shape index (κ3) is 3.45. The fourth-order valence-electron chi connectivity index (χ4n) is 2.96. The molecule has 1 heterocycles. The minimum Gasteiger partial charge on any atom is -0.309 e. The Kier molecular flexibility index (Phi) is 4.48. The molecule has 1 aliphatic carbocycles. The first-order chi connectivity index (χ1) is 11.1. The van der Waals surface area contributed by atoms with E-state index in [1.54, 1.807) is 47.0 Å². The second-order valence-electron chi connectivity index (χ2n) is 5.69. The number of aryl methyl sites for hydroxylation is 1. The van der Waals surface area contributed by atoms with Gasteiger partial charge in [0.25, 0.3) is 5.56 Å². The third-order valence-corrected chi connectivity index (χ3v) is 5.61. The number of rotatable bonds is 4. The van der Waals surface area contributed by atoms with Gasteiger partial charge >= 0.3 is 0 Å². The molecule has 0 spiro atoms. The summed E-state index contributed by atoms with van der Waals surface area (Å²) in [4.78, 5) is 12.4. The number of allylic oxidation sites excluding steroid dienone is 1. The Morgan fingerprint density at radius 3 is 2.52 bits per heavy atom. The lowest BCUT2D eigenvalue weighted by molar-refractivity contribution is 0.601. The topological polar surface area (TPSA) is 56.1 Å². The fraction of sp³-hybridized carbons (Fsp3) is 0.278. The second kappa shape index (κ2) is 6.54. The van der Waals surface area contributed by atoms with Crippen LogP contribution in [0, 0.1) is 0 Å². The zero-order valence-corrected chi connectivity index (χ0v) is 13.6. The zero-order valence-electron chi connectivity index (χ0n) is 12.8. The monoisotopic (exact) mass is 329 g/mol. The summed E-state index contributed by atoms with van der Waals surface area (Å²) in [6.45, 7) is 0.286. The molecule has 1 aromatic heterocycles. The number of benzene rings is 1. The van der Waals surface area contributed by atoms with E-state index in [2.05, 4.69) is 0 Å². The molecule has 0 aliphatic heterocycles. The maximum atomic E-state index is 12.2. The summed E-state index contributed by atoms with van der Waals surface area (Å²) < 4.78 is 26.1. The van der Waals surface area contributed by atoms with E-state index in [1.165, 1.54) is 11.0 Å². The van der Waals surface area contributed by atoms with Gasteiger partial charge in [-0.05, 0) is 43.4 Å². The lowest BCUT2D eigenvalue weighted by atomic mass is 9.96. The van der Waals surface area contributed by atoms with Crippen LogP contribution < -0.4 is 5.56 Å². The van der Waals surface area contributed by atoms with Crippen molar-refractivity contribution in [2.45, 2.75) is 37.1 Å². The zero-order chi connectivity index (χ0) is 16.3. The first-order valence-corrected chi connectivity index (χ1v) is 9.31. The van der Waals surface area contributed by atoms with Gasteiger partial charge in [-0.25, -0.2) is 8.42 Å². The molecule has 0 bridgehead atoms. The average Bonchev–Trinajstić information content (AvgIpc) is 2.57. The highest BCUT2D eigenvalue weighted by molar-refractivity contribution is 7.94. The van der Waals surface area contributed by atoms with Crippen molar-refractivity contribution in [1.29, 1.82) is 0 Å². The van der Waals surface area contributed by atoms with E-state index in [4.69, 9.17) is 0 Å². The van der Waals surface area contributed by atoms with Crippen molar-refractivity contribution >= 4 is 9.84 Å². The molecule has 0 radical (unpaired) electrons. The molecule has 5 heteroatoms. The van der Waals surface area contributed by atoms with Crippen LogP contribution in [0.2, 0.25) is 0 Å². The molecule has 0 unspecified atom stereocenters. The van der Waals surface area contributed by atoms with Crippen molar-refractivity contribution in [3.8, 4) is 0 Å². The van der Waals surface area contributed by atoms with Gasteiger partial charge in [0, 0.05) is 23.7 Å². The highest BCUT2D eigenvalue weighted by atomic mass is 32.2. The van der Waals surface area contributed by atoms with Crippen molar-refractivity contribution in [3.63, 3.8) is 0 Å². The molecule has 2 aromatic rings. The van der Waals surface area contributed by atoms with Gasteiger partial charge in [0.1, 0.15) is 0 Å². The highest BCUT2D eigenvalue weighted by Gasteiger charge is 2.14. The largest absolute Gasteiger partial charge is 0.309 e. The van der Waals surface area contributed by atoms with Crippen molar-refractivity contribution in [2.75, 3.05) is 0 Å². The van der Waals surface area contributed by atoms with Crippen molar-refractivity contribution < 1.29 is 8.42 Å². The predicted octanol–water partition coefficient (Wildman–Crippen LogP) is 2.71. The number of nitrogens with zero attached hydrogens (tertiary/aromatic N) is 1. The van der Waals surface area contributed by atoms with Crippen LogP contribution in [0.25, 0.3) is 0 Å². The smallest absolute Gasteiger partial charge is 0.251 e. The molecule has 23 heavy (non-hydrogen) atoms. The Bertz CT molecular complexity index is 880. The average molecular weight is 329 g/mol. The maximum Gasteiger partial charge on any atom is 0.251 e. The van der Waals surface area contributed by atoms with Crippen LogP contribution >= 0.6 is 0 Å². The molecule has 0 saturated carbocycles. The van der Waals surface area contributed by atoms with Crippen LogP contribution in [0.1, 0.15) is 24.1 Å². The first-order valence-electron chi connectivity index (χ1n) is 7.76. The van der Waals surface area contributed by atoms with Gasteiger partial charge in [-0.2, -0.15) is 0 Å². The summed E-state index contributed by atoms with van der Waals surface area (Å²) in [5.74, 6) is 0. The lowest BCUT2D eigenvalue weighted by Gasteiger charge is -2.19. The number of sulfone groups is 1. The minimum absolute atomic E-state index is 0.0765. The van der Waals surface area contributed by atoms with E-state index in [0.29, 0.717) is 0 Å². The van der Waals surface area contributed by atoms with Gasteiger partial charge in [0.15, 0.2) is 9.84 Å². The second-order valence-corrected chi connectivity index (χ2v) is 7.52. The van der Waals surface area contributed by atoms with E-state index in [0.717, 1.165) is 31.4 Å². The lowest BCUT2D eigenvalue weighted by Crippen LogP contribution is -2.25. The van der Waals surface area contributed by atoms with Crippen molar-refractivity contribution in [2.24, 2.45) is 0 Å². The molecule has 1 aliphatic rings. The summed E-state index contributed by atoms with van der Waals surface area (Å²) in [6.07, 6.45) is 5.64. The van der Waals surface area contributed by atoms with Gasteiger partial charge in [-0.3, -0.25) is 4.79 Å². The molecular weight excluding hydrogens is 310 g/mol. The van der Waals surface area contributed by atoms with E-state index in [-0.39, 0.29) is 17.0 Å². The van der Waals surface area contributed by atoms with E-state index >= 15 is 0 Å². The number of hydrogen-bond acceptors (Lipinski definition) is 3. The molecule has 4 nitrogen and oxygen atoms in total. The molecule has 0 fully saturated rings. The summed E-state index contributed by atoms with van der Waals surface area (Å²) in [5.41, 5.74) is 2.17. The normalized spacial score (nSPS) is 14.8. The van der Waals surface area contributed by atoms with Crippen LogP contribution in [-0.2, 0) is 29.2 Å². The molecule has 120 valence electrons. The number of aromatic nitrogens is 1. The molecule has 0 N–H and O–H groups in total. The Morgan fingerprint density at radius 1 is 1.00 bits per heavy atom. The minimum atomic E-state index is -3.46. The molecule has 0 atom stereocenters. The highest BCUT2D eigenvalue weighted by Crippen LogP contribution is 2.19. The van der Waals surface area contributed by atoms with E-state index in [9.17, 15) is 13.2 Å². The summed E-state index contributed by atoms with van der Waals surface area (Å²) in [5, 5.41) is 1.19. The van der Waals surface area contributed by atoms with Gasteiger partial charge < -0.3 is 4.57 Å². The summed E-state index contributed by atoms with van der Waals surface area (Å²) in [7, 11) is -3.46. The van der Waals surface area contributed by atoms with Crippen LogP contribution in [0.5, 0.6) is 0 Å². The van der Waals surface area contributed by atoms with Gasteiger partial charge in [0.05, 0.1) is 4.90 Å². The molecule has 0 amide bonds. The quantitative estimate of drug-likeness (QED) is 0.866. The van der Waals surface area contributed by atoms with Crippen LogP contribution in [0.15, 0.2) is 63.6 Å². The fourth-order valence-corrected chi connectivity index (χ4v) is 3.99. The van der Waals surface area contributed by atoms with E-state index in [1.807, 2.05) is 6.07 Å². The van der Waals surface area contributed by atoms with Gasteiger partial charge in [-0.1, -0.05) is 30.3 Å². The number of hydrogen-bond donors (Lipinski definition) is 0. The number of fused-ring (bicyclic) bond motifs is 1. The van der Waals surface area contributed by atoms with Crippen molar-refractivity contribution in [3.05, 3.63) is 75.6 Å². The first kappa shape index (κ1) is 15.7. The maximum absolute atomic E-state index is 12.2. The van der Waals surface area contributed by atoms with Gasteiger partial charge in [0.2, 0.25) is 0 Å². The summed E-state index contributed by atoms with van der Waals surface area (Å²) >= 11 is 0. The SMILES string of the molecule is O=c1ccc2c(n1C/C=C\S(=O)(=O)c1ccccc1)CCCC2. The molecule has 3 rings (SSSR count). The predicted molar refractivity (Wildman–Crippen MR) is 90.1 cm³/mol. The summed E-state index contributed by atoms with van der Waals surface area (Å²) in [6, 6.07) is 11.8. The van der Waals surface area contributed by atoms with Crippen molar-refractivity contribution in [1.82, 2.24) is 4.57 Å². The van der Waals surface area contributed by atoms with Crippen LogP contribution in [0.3, 0.4) is 0 Å². The number of pyridine rings is 1. The third-order valence-electron chi connectivity index (χ3n) is 4.13. The Labute approximate surface area is 136 Å². The van der Waals surface area contributed by atoms with E-state index < -0.39 is 9.84 Å². The van der Waals surface area contributed by atoms with Gasteiger partial charge in [-0.15, -0.1) is 0 Å². The standard InChI is InChI=1S/C18H19NO3S/c20-18-12-11-15-7-4-5-10-17(15)19(18)13-6-14-23(21,22)16-8-2-1-3-9-16/h1-3,6,8-9,11-12,14H,4-5,7,10,13H2/b14-6-. The molecule has 1 aromatic carbocycles. The Morgan fingerprint density at radius 2 is 1.74 bits per heavy atom. The van der Waals surface area contributed by atoms with Crippen LogP contribution in [-0.4, -0.2) is 13.0 Å². The van der Waals surface area contributed by atoms with Crippen LogP contribution in [0.4, 0.5) is 0 Å². The molecule has 0 saturated heterocycles. The Balaban J connectivity index is 1.85. The molecular formula is C18H19NO3S. The Hall–Kier alpha value is -2.14.